The van der Waals surface area contributed by atoms with Gasteiger partial charge in [0.25, 0.3) is 5.91 Å². The number of carboxylic acid groups (broad SMARTS) is 1. The Morgan fingerprint density at radius 1 is 0.540 bits per heavy atom. The number of hydrogen-bond donors (Lipinski definition) is 7. The van der Waals surface area contributed by atoms with E-state index in [0.717, 1.165) is 0 Å². The maximum absolute atomic E-state index is 14.2. The van der Waals surface area contributed by atoms with Crippen LogP contribution in [0.4, 0.5) is 4.79 Å². The van der Waals surface area contributed by atoms with Gasteiger partial charge in [-0.25, -0.2) is 9.59 Å². The molecular weight excluding hydrogens is 805 g/mol. The summed E-state index contributed by atoms with van der Waals surface area (Å²) in [6.07, 6.45) is 0.677. The Kier molecular flexibility index (Phi) is 20.8. The molecule has 0 heterocycles. The molecule has 0 aliphatic rings. The summed E-state index contributed by atoms with van der Waals surface area (Å²) in [5, 5.41) is 26.5. The fourth-order valence-electron chi connectivity index (χ4n) is 6.69. The third-order valence-electron chi connectivity index (χ3n) is 9.74. The Bertz CT molecular complexity index is 1940. The molecule has 0 saturated heterocycles. The third-order valence-corrected chi connectivity index (χ3v) is 9.74. The van der Waals surface area contributed by atoms with Crippen molar-refractivity contribution in [3.8, 4) is 0 Å². The Labute approximate surface area is 371 Å². The second kappa shape index (κ2) is 25.6. The summed E-state index contributed by atoms with van der Waals surface area (Å²) in [5.74, 6) is -4.30. The molecule has 0 spiro atoms. The van der Waals surface area contributed by atoms with Crippen LogP contribution in [0.3, 0.4) is 0 Å². The van der Waals surface area contributed by atoms with Crippen LogP contribution in [0.15, 0.2) is 91.0 Å². The minimum atomic E-state index is -1.26. The summed E-state index contributed by atoms with van der Waals surface area (Å²) in [4.78, 5) is 93.8. The van der Waals surface area contributed by atoms with Crippen molar-refractivity contribution in [3.63, 3.8) is 0 Å². The van der Waals surface area contributed by atoms with Gasteiger partial charge in [0.15, 0.2) is 0 Å². The number of amides is 6. The van der Waals surface area contributed by atoms with E-state index in [0.29, 0.717) is 36.1 Å². The molecule has 0 fully saturated rings. The van der Waals surface area contributed by atoms with Crippen molar-refractivity contribution in [2.24, 2.45) is 11.8 Å². The molecule has 3 rings (SSSR count). The minimum absolute atomic E-state index is 0.0288. The molecule has 0 aromatic heterocycles. The van der Waals surface area contributed by atoms with Crippen molar-refractivity contribution in [3.05, 3.63) is 108 Å². The average molecular weight is 871 g/mol. The van der Waals surface area contributed by atoms with E-state index in [9.17, 15) is 38.7 Å². The Morgan fingerprint density at radius 2 is 0.952 bits per heavy atom. The van der Waals surface area contributed by atoms with Gasteiger partial charge in [-0.1, -0.05) is 107 Å². The van der Waals surface area contributed by atoms with E-state index in [1.54, 1.807) is 99.6 Å². The van der Waals surface area contributed by atoms with Crippen LogP contribution in [0.25, 0.3) is 0 Å². The van der Waals surface area contributed by atoms with Crippen molar-refractivity contribution in [1.29, 1.82) is 0 Å². The number of alkyl carbamates (subject to hydrolysis) is 1. The van der Waals surface area contributed by atoms with E-state index in [-0.39, 0.29) is 49.8 Å². The van der Waals surface area contributed by atoms with Gasteiger partial charge < -0.3 is 41.7 Å². The van der Waals surface area contributed by atoms with Crippen LogP contribution in [0.5, 0.6) is 0 Å². The van der Waals surface area contributed by atoms with Gasteiger partial charge in [0.2, 0.25) is 23.6 Å². The van der Waals surface area contributed by atoms with Crippen LogP contribution >= 0.6 is 0 Å². The van der Waals surface area contributed by atoms with Crippen molar-refractivity contribution in [1.82, 2.24) is 31.9 Å². The zero-order chi connectivity index (χ0) is 46.5. The minimum Gasteiger partial charge on any atom is -0.480 e. The highest BCUT2D eigenvalue weighted by atomic mass is 16.6. The van der Waals surface area contributed by atoms with E-state index >= 15 is 0 Å². The summed E-state index contributed by atoms with van der Waals surface area (Å²) < 4.78 is 5.44. The number of carbonyl (C=O) groups excluding carboxylic acids is 6. The van der Waals surface area contributed by atoms with Crippen molar-refractivity contribution >= 4 is 41.6 Å². The molecule has 5 atom stereocenters. The van der Waals surface area contributed by atoms with Gasteiger partial charge in [-0.05, 0) is 88.0 Å². The predicted octanol–water partition coefficient (Wildman–Crippen LogP) is 5.08. The van der Waals surface area contributed by atoms with Crippen molar-refractivity contribution in [2.45, 2.75) is 129 Å². The van der Waals surface area contributed by atoms with Crippen LogP contribution < -0.4 is 31.9 Å². The quantitative estimate of drug-likeness (QED) is 0.0596. The number of carboxylic acids is 1. The van der Waals surface area contributed by atoms with Gasteiger partial charge in [-0.3, -0.25) is 24.0 Å². The molecule has 0 aliphatic heterocycles. The molecule has 0 aliphatic carbocycles. The molecule has 0 saturated carbocycles. The van der Waals surface area contributed by atoms with E-state index in [1.807, 2.05) is 39.8 Å². The fraction of sp³-hybridized carbons (Fsp3) is 0.479. The molecule has 15 heteroatoms. The molecule has 6 amide bonds. The van der Waals surface area contributed by atoms with Crippen LogP contribution in [-0.4, -0.2) is 89.1 Å². The Balaban J connectivity index is 1.81. The number of ether oxygens (including phenoxy) is 1. The van der Waals surface area contributed by atoms with Crippen LogP contribution in [-0.2, 0) is 41.6 Å². The van der Waals surface area contributed by atoms with Gasteiger partial charge in [0.05, 0.1) is 0 Å². The molecular formula is C48H66N6O9. The molecule has 0 radical (unpaired) electrons. The number of nitrogens with one attached hydrogen (secondary N) is 6. The van der Waals surface area contributed by atoms with Gasteiger partial charge >= 0.3 is 12.1 Å². The highest BCUT2D eigenvalue weighted by molar-refractivity contribution is 5.96. The normalized spacial score (nSPS) is 13.7. The molecule has 0 unspecified atom stereocenters. The van der Waals surface area contributed by atoms with Gasteiger partial charge in [0, 0.05) is 24.9 Å². The number of unbranched alkanes of at least 4 members (excludes halogenated alkanes) is 1. The maximum atomic E-state index is 14.2. The first-order valence-corrected chi connectivity index (χ1v) is 21.7. The van der Waals surface area contributed by atoms with E-state index in [2.05, 4.69) is 31.9 Å². The average Bonchev–Trinajstić information content (AvgIpc) is 3.22. The molecule has 3 aromatic carbocycles. The lowest BCUT2D eigenvalue weighted by Crippen LogP contribution is -2.59. The fourth-order valence-corrected chi connectivity index (χ4v) is 6.69. The number of hydrogen-bond acceptors (Lipinski definition) is 8. The SMILES string of the molecule is CC(C)C[C@@H](NC(=O)[C@H](Cc1ccccc1)NC(=O)[C@@H](CC(C)C)NC(=O)[C@H](CCCCNC(=O)c1ccccc1)NC(=O)OC(C)(C)C)C(=O)N[C@@H](Cc1ccccc1)C(=O)O. The van der Waals surface area contributed by atoms with Crippen molar-refractivity contribution in [2.75, 3.05) is 6.54 Å². The smallest absolute Gasteiger partial charge is 0.408 e. The monoisotopic (exact) mass is 870 g/mol. The summed E-state index contributed by atoms with van der Waals surface area (Å²) in [6.45, 7) is 12.9. The van der Waals surface area contributed by atoms with Crippen LogP contribution in [0, 0.1) is 11.8 Å². The molecule has 0 bridgehead atoms. The number of rotatable bonds is 24. The van der Waals surface area contributed by atoms with Gasteiger partial charge in [-0.2, -0.15) is 0 Å². The van der Waals surface area contributed by atoms with Crippen molar-refractivity contribution < 1.29 is 43.4 Å². The van der Waals surface area contributed by atoms with Crippen LogP contribution in [0.2, 0.25) is 0 Å². The highest BCUT2D eigenvalue weighted by Gasteiger charge is 2.34. The lowest BCUT2D eigenvalue weighted by Gasteiger charge is -2.28. The van der Waals surface area contributed by atoms with E-state index < -0.39 is 71.5 Å². The molecule has 342 valence electrons. The Hall–Kier alpha value is -6.25. The first-order chi connectivity index (χ1) is 29.8. The summed E-state index contributed by atoms with van der Waals surface area (Å²) >= 11 is 0. The standard InChI is InChI=1S/C48H66N6O9/c1-31(2)27-37(50-42(56)36(54-47(62)63-48(5,6)7)25-17-18-26-49-41(55)35-23-15-10-16-24-35)43(57)52-39(29-33-19-11-8-12-20-33)45(59)51-38(28-32(3)4)44(58)53-40(46(60)61)30-34-21-13-9-14-22-34/h8-16,19-24,31-32,36-40H,17-18,25-30H2,1-7H3,(H,49,55)(H,50,56)(H,51,59)(H,52,57)(H,53,58)(H,54,62)(H,60,61)/t36-,37+,38+,39-,40-/m0/s1. The summed E-state index contributed by atoms with van der Waals surface area (Å²) in [7, 11) is 0. The van der Waals surface area contributed by atoms with E-state index in [1.165, 1.54) is 0 Å². The lowest BCUT2D eigenvalue weighted by atomic mass is 9.99. The second-order valence-corrected chi connectivity index (χ2v) is 17.5. The maximum Gasteiger partial charge on any atom is 0.408 e. The largest absolute Gasteiger partial charge is 0.480 e. The number of aliphatic carboxylic acids is 1. The zero-order valence-corrected chi connectivity index (χ0v) is 37.6. The second-order valence-electron chi connectivity index (χ2n) is 17.5. The van der Waals surface area contributed by atoms with E-state index in [4.69, 9.17) is 4.74 Å². The third kappa shape index (κ3) is 19.6. The van der Waals surface area contributed by atoms with Gasteiger partial charge in [0.1, 0.15) is 35.8 Å². The summed E-state index contributed by atoms with van der Waals surface area (Å²) in [6, 6.07) is 20.7. The predicted molar refractivity (Wildman–Crippen MR) is 240 cm³/mol. The Morgan fingerprint density at radius 3 is 1.41 bits per heavy atom. The first kappa shape index (κ1) is 51.1. The number of carbonyl (C=O) groups is 7. The topological polar surface area (TPSA) is 221 Å². The first-order valence-electron chi connectivity index (χ1n) is 21.7. The molecule has 3 aromatic rings. The molecule has 15 nitrogen and oxygen atoms in total. The lowest BCUT2D eigenvalue weighted by molar-refractivity contribution is -0.142. The van der Waals surface area contributed by atoms with Crippen LogP contribution in [0.1, 0.15) is 102 Å². The molecule has 63 heavy (non-hydrogen) atoms. The molecule has 7 N–H and O–H groups in total. The number of benzene rings is 3. The summed E-state index contributed by atoms with van der Waals surface area (Å²) in [5.41, 5.74) is 1.09. The highest BCUT2D eigenvalue weighted by Crippen LogP contribution is 2.14. The zero-order valence-electron chi connectivity index (χ0n) is 37.6. The van der Waals surface area contributed by atoms with Gasteiger partial charge in [-0.15, -0.1) is 0 Å².